The van der Waals surface area contributed by atoms with E-state index in [0.717, 1.165) is 22.7 Å². The van der Waals surface area contributed by atoms with E-state index in [1.807, 2.05) is 29.3 Å². The van der Waals surface area contributed by atoms with Crippen molar-refractivity contribution in [1.29, 1.82) is 5.41 Å². The second kappa shape index (κ2) is 8.84. The number of likely N-dealkylation sites (tertiary alicyclic amines) is 1. The molecule has 1 aliphatic heterocycles. The van der Waals surface area contributed by atoms with Gasteiger partial charge < -0.3 is 16.1 Å². The first kappa shape index (κ1) is 22.4. The van der Waals surface area contributed by atoms with Crippen molar-refractivity contribution in [2.45, 2.75) is 43.7 Å². The van der Waals surface area contributed by atoms with Crippen LogP contribution in [0.1, 0.15) is 42.5 Å². The Morgan fingerprint density at radius 3 is 2.80 bits per heavy atom. The zero-order valence-electron chi connectivity index (χ0n) is 20.1. The summed E-state index contributed by atoms with van der Waals surface area (Å²) in [6.45, 7) is 4.11. The van der Waals surface area contributed by atoms with Crippen molar-refractivity contribution in [3.63, 3.8) is 0 Å². The first-order valence-electron chi connectivity index (χ1n) is 12.3. The van der Waals surface area contributed by atoms with Gasteiger partial charge in [-0.1, -0.05) is 23.8 Å². The molecule has 6 rings (SSSR count). The number of nitrogens with two attached hydrogens (primary N) is 1. The Bertz CT molecular complexity index is 1400. The van der Waals surface area contributed by atoms with Gasteiger partial charge in [0.25, 0.3) is 0 Å². The fourth-order valence-electron chi connectivity index (χ4n) is 5.73. The molecule has 1 aliphatic carbocycles. The van der Waals surface area contributed by atoms with Gasteiger partial charge >= 0.3 is 0 Å². The number of rotatable bonds is 7. The van der Waals surface area contributed by atoms with Crippen LogP contribution < -0.4 is 5.73 Å². The van der Waals surface area contributed by atoms with Gasteiger partial charge in [0.2, 0.25) is 0 Å². The quantitative estimate of drug-likeness (QED) is 0.191. The minimum atomic E-state index is 0.584. The van der Waals surface area contributed by atoms with Crippen LogP contribution in [0.5, 0.6) is 0 Å². The maximum Gasteiger partial charge on any atom is 0.113 e. The van der Waals surface area contributed by atoms with Crippen molar-refractivity contribution < 1.29 is 0 Å². The van der Waals surface area contributed by atoms with Gasteiger partial charge in [0, 0.05) is 52.2 Å². The van der Waals surface area contributed by atoms with Crippen LogP contribution >= 0.6 is 11.8 Å². The van der Waals surface area contributed by atoms with Crippen LogP contribution in [0.15, 0.2) is 47.5 Å². The fraction of sp³-hybridized carbons (Fsp3) is 0.370. The molecule has 0 bridgehead atoms. The van der Waals surface area contributed by atoms with Crippen molar-refractivity contribution in [3.8, 4) is 11.3 Å². The normalized spacial score (nSPS) is 17.3. The molecule has 0 amide bonds. The molecule has 2 aromatic carbocycles. The Morgan fingerprint density at radius 1 is 1.17 bits per heavy atom. The van der Waals surface area contributed by atoms with Gasteiger partial charge in [0.05, 0.1) is 12.7 Å². The highest BCUT2D eigenvalue weighted by Crippen LogP contribution is 2.48. The molecule has 35 heavy (non-hydrogen) atoms. The van der Waals surface area contributed by atoms with Crippen LogP contribution in [-0.4, -0.2) is 50.4 Å². The maximum absolute atomic E-state index is 7.80. The van der Waals surface area contributed by atoms with Crippen LogP contribution in [0.4, 0.5) is 5.69 Å². The number of aromatic amines is 1. The minimum absolute atomic E-state index is 0.584. The molecule has 2 aromatic heterocycles. The Kier molecular flexibility index (Phi) is 5.65. The zero-order valence-corrected chi connectivity index (χ0v) is 20.9. The maximum atomic E-state index is 7.80. The SMILES string of the molecule is CSc1cc(N)c(C=N)c(-c2cn(Cc3ccc4cc(CN5CCC6(CCC6)C5)[nH]c4c3)nn2)c1. The number of benzene rings is 2. The van der Waals surface area contributed by atoms with E-state index < -0.39 is 0 Å². The summed E-state index contributed by atoms with van der Waals surface area (Å²) in [4.78, 5) is 7.31. The Balaban J connectivity index is 1.19. The molecule has 2 fully saturated rings. The van der Waals surface area contributed by atoms with Crippen molar-refractivity contribution in [2.75, 3.05) is 25.1 Å². The predicted molar refractivity (Wildman–Crippen MR) is 143 cm³/mol. The summed E-state index contributed by atoms with van der Waals surface area (Å²) >= 11 is 1.62. The highest BCUT2D eigenvalue weighted by molar-refractivity contribution is 7.98. The Labute approximate surface area is 209 Å². The van der Waals surface area contributed by atoms with Crippen LogP contribution in [0.2, 0.25) is 0 Å². The van der Waals surface area contributed by atoms with Crippen molar-refractivity contribution in [1.82, 2.24) is 24.9 Å². The van der Waals surface area contributed by atoms with Gasteiger partial charge in [-0.3, -0.25) is 4.90 Å². The van der Waals surface area contributed by atoms with Gasteiger partial charge in [-0.2, -0.15) is 0 Å². The zero-order chi connectivity index (χ0) is 24.0. The average Bonchev–Trinajstić information content (AvgIpc) is 3.56. The van der Waals surface area contributed by atoms with Crippen LogP contribution in [0.3, 0.4) is 0 Å². The number of hydrogen-bond acceptors (Lipinski definition) is 6. The lowest BCUT2D eigenvalue weighted by Gasteiger charge is -2.38. The molecule has 7 nitrogen and oxygen atoms in total. The van der Waals surface area contributed by atoms with Crippen molar-refractivity contribution in [3.05, 3.63) is 59.4 Å². The van der Waals surface area contributed by atoms with Crippen LogP contribution in [0, 0.1) is 10.8 Å². The third-order valence-corrected chi connectivity index (χ3v) is 8.50. The Hall–Kier alpha value is -3.10. The summed E-state index contributed by atoms with van der Waals surface area (Å²) < 4.78 is 1.85. The molecule has 4 N–H and O–H groups in total. The van der Waals surface area contributed by atoms with Crippen molar-refractivity contribution in [2.24, 2.45) is 5.41 Å². The highest BCUT2D eigenvalue weighted by Gasteiger charge is 2.42. The fourth-order valence-corrected chi connectivity index (χ4v) is 6.21. The smallest absolute Gasteiger partial charge is 0.113 e. The lowest BCUT2D eigenvalue weighted by molar-refractivity contribution is 0.137. The van der Waals surface area contributed by atoms with Gasteiger partial charge in [-0.05, 0) is 72.7 Å². The molecule has 1 saturated carbocycles. The summed E-state index contributed by atoms with van der Waals surface area (Å²) in [5.74, 6) is 0. The van der Waals surface area contributed by atoms with Crippen molar-refractivity contribution >= 4 is 34.6 Å². The molecule has 0 radical (unpaired) electrons. The number of hydrogen-bond donors (Lipinski definition) is 3. The number of thioether (sulfide) groups is 1. The molecule has 3 heterocycles. The monoisotopic (exact) mass is 485 g/mol. The lowest BCUT2D eigenvalue weighted by Crippen LogP contribution is -2.32. The van der Waals surface area contributed by atoms with E-state index in [2.05, 4.69) is 44.5 Å². The van der Waals surface area contributed by atoms with Gasteiger partial charge in [0.1, 0.15) is 5.69 Å². The number of nitrogens with one attached hydrogen (secondary N) is 2. The summed E-state index contributed by atoms with van der Waals surface area (Å²) in [5.41, 5.74) is 13.3. The van der Waals surface area contributed by atoms with Gasteiger partial charge in [-0.25, -0.2) is 4.68 Å². The second-order valence-electron chi connectivity index (χ2n) is 10.2. The summed E-state index contributed by atoms with van der Waals surface area (Å²) in [6, 6.07) is 12.8. The standard InChI is InChI=1S/C27H31N7S/c1-35-21-11-22(23(13-28)24(29)12-21)26-16-34(32-31-26)14-18-3-4-19-10-20(30-25(19)9-18)15-33-8-7-27(17-33)5-2-6-27/h3-4,9-13,16,28,30H,2,5-8,14-15,17,29H2,1H3. The molecule has 4 aromatic rings. The number of fused-ring (bicyclic) bond motifs is 1. The first-order valence-corrected chi connectivity index (χ1v) is 13.5. The number of H-pyrrole nitrogens is 1. The molecule has 8 heteroatoms. The third-order valence-electron chi connectivity index (χ3n) is 7.79. The number of anilines is 1. The topological polar surface area (TPSA) is 99.6 Å². The molecule has 0 atom stereocenters. The van der Waals surface area contributed by atoms with Crippen LogP contribution in [-0.2, 0) is 13.1 Å². The lowest BCUT2D eigenvalue weighted by atomic mass is 9.68. The minimum Gasteiger partial charge on any atom is -0.398 e. The van der Waals surface area contributed by atoms with E-state index in [1.54, 1.807) is 11.8 Å². The molecule has 1 saturated heterocycles. The Morgan fingerprint density at radius 2 is 2.06 bits per heavy atom. The average molecular weight is 486 g/mol. The third kappa shape index (κ3) is 4.25. The van der Waals surface area contributed by atoms with E-state index in [0.29, 0.717) is 23.2 Å². The summed E-state index contributed by atoms with van der Waals surface area (Å²) in [7, 11) is 0. The second-order valence-corrected chi connectivity index (χ2v) is 11.0. The number of nitrogen functional groups attached to an aromatic ring is 1. The van der Waals surface area contributed by atoms with Gasteiger partial charge in [-0.15, -0.1) is 16.9 Å². The highest BCUT2D eigenvalue weighted by atomic mass is 32.2. The predicted octanol–water partition coefficient (Wildman–Crippen LogP) is 5.15. The van der Waals surface area contributed by atoms with E-state index in [9.17, 15) is 0 Å². The first-order chi connectivity index (χ1) is 17.0. The molecular weight excluding hydrogens is 454 g/mol. The largest absolute Gasteiger partial charge is 0.398 e. The molecule has 180 valence electrons. The van der Waals surface area contributed by atoms with E-state index in [1.165, 1.54) is 67.1 Å². The summed E-state index contributed by atoms with van der Waals surface area (Å²) in [5, 5.41) is 17.8. The molecule has 1 spiro atoms. The van der Waals surface area contributed by atoms with Crippen LogP contribution in [0.25, 0.3) is 22.2 Å². The number of aromatic nitrogens is 4. The summed E-state index contributed by atoms with van der Waals surface area (Å²) in [6.07, 6.45) is 10.9. The molecular formula is C27H31N7S. The van der Waals surface area contributed by atoms with E-state index in [4.69, 9.17) is 11.1 Å². The van der Waals surface area contributed by atoms with E-state index in [-0.39, 0.29) is 0 Å². The van der Waals surface area contributed by atoms with E-state index >= 15 is 0 Å². The molecule has 0 unspecified atom stereocenters. The number of nitrogens with zero attached hydrogens (tertiary/aromatic N) is 4. The van der Waals surface area contributed by atoms with Gasteiger partial charge in [0.15, 0.2) is 0 Å². The molecule has 2 aliphatic rings.